The Morgan fingerprint density at radius 1 is 1.03 bits per heavy atom. The van der Waals surface area contributed by atoms with Crippen molar-refractivity contribution in [3.8, 4) is 0 Å². The van der Waals surface area contributed by atoms with Crippen LogP contribution in [-0.4, -0.2) is 59.0 Å². The van der Waals surface area contributed by atoms with E-state index in [0.717, 1.165) is 51.4 Å². The van der Waals surface area contributed by atoms with Gasteiger partial charge >= 0.3 is 0 Å². The van der Waals surface area contributed by atoms with Crippen molar-refractivity contribution < 1.29 is 19.1 Å². The van der Waals surface area contributed by atoms with Crippen LogP contribution in [0.3, 0.4) is 0 Å². The molecule has 2 saturated heterocycles. The molecule has 7 nitrogen and oxygen atoms in total. The van der Waals surface area contributed by atoms with Crippen LogP contribution in [0.15, 0.2) is 24.8 Å². The summed E-state index contributed by atoms with van der Waals surface area (Å²) in [5.74, 6) is -1.71. The maximum absolute atomic E-state index is 13.6. The number of fused-ring (bicyclic) bond motifs is 1. The van der Waals surface area contributed by atoms with Crippen molar-refractivity contribution in [1.82, 2.24) is 15.5 Å². The second-order valence-corrected chi connectivity index (χ2v) is 10.2. The molecule has 5 aliphatic rings. The molecule has 2 N–H and O–H groups in total. The molecule has 5 atom stereocenters. The number of hydrogen-bond acceptors (Lipinski definition) is 4. The zero-order valence-corrected chi connectivity index (χ0v) is 18.8. The molecule has 2 bridgehead atoms. The monoisotopic (exact) mass is 441 g/mol. The smallest absolute Gasteiger partial charge is 0.246 e. The van der Waals surface area contributed by atoms with Crippen LogP contribution in [0, 0.1) is 11.8 Å². The first-order valence-electron chi connectivity index (χ1n) is 12.4. The van der Waals surface area contributed by atoms with E-state index in [4.69, 9.17) is 4.74 Å². The lowest BCUT2D eigenvalue weighted by molar-refractivity contribution is -0.141. The fourth-order valence-corrected chi connectivity index (χ4v) is 6.67. The molecule has 0 aromatic heterocycles. The predicted molar refractivity (Wildman–Crippen MR) is 119 cm³/mol. The highest BCUT2D eigenvalue weighted by molar-refractivity contribution is 6.00. The number of nitrogens with zero attached hydrogens (tertiary/aromatic N) is 1. The zero-order chi connectivity index (χ0) is 22.3. The van der Waals surface area contributed by atoms with E-state index in [-0.39, 0.29) is 36.3 Å². The Bertz CT molecular complexity index is 814. The third kappa shape index (κ3) is 3.49. The Morgan fingerprint density at radius 2 is 1.62 bits per heavy atom. The van der Waals surface area contributed by atoms with Gasteiger partial charge in [-0.2, -0.15) is 0 Å². The summed E-state index contributed by atoms with van der Waals surface area (Å²) in [6.07, 6.45) is 15.7. The van der Waals surface area contributed by atoms with Gasteiger partial charge in [0.25, 0.3) is 0 Å². The van der Waals surface area contributed by atoms with Crippen molar-refractivity contribution in [2.24, 2.45) is 11.8 Å². The summed E-state index contributed by atoms with van der Waals surface area (Å²) in [7, 11) is 0. The van der Waals surface area contributed by atoms with Crippen LogP contribution in [0.2, 0.25) is 0 Å². The minimum Gasteiger partial charge on any atom is -0.359 e. The Labute approximate surface area is 190 Å². The second kappa shape index (κ2) is 8.65. The first-order chi connectivity index (χ1) is 15.5. The van der Waals surface area contributed by atoms with Crippen molar-refractivity contribution in [1.29, 1.82) is 0 Å². The van der Waals surface area contributed by atoms with E-state index in [1.807, 2.05) is 12.2 Å². The Morgan fingerprint density at radius 3 is 2.22 bits per heavy atom. The highest BCUT2D eigenvalue weighted by atomic mass is 16.5. The molecule has 32 heavy (non-hydrogen) atoms. The summed E-state index contributed by atoms with van der Waals surface area (Å²) in [4.78, 5) is 42.0. The largest absolute Gasteiger partial charge is 0.359 e. The molecule has 0 aromatic rings. The molecule has 3 heterocycles. The van der Waals surface area contributed by atoms with Gasteiger partial charge in [-0.15, -0.1) is 6.58 Å². The van der Waals surface area contributed by atoms with Gasteiger partial charge in [0.15, 0.2) is 0 Å². The maximum atomic E-state index is 13.6. The molecule has 3 aliphatic heterocycles. The van der Waals surface area contributed by atoms with E-state index in [9.17, 15) is 14.4 Å². The summed E-state index contributed by atoms with van der Waals surface area (Å²) in [5, 5.41) is 6.38. The average Bonchev–Trinajstić information content (AvgIpc) is 3.43. The van der Waals surface area contributed by atoms with Gasteiger partial charge in [-0.05, 0) is 25.7 Å². The number of nitrogens with one attached hydrogen (secondary N) is 2. The van der Waals surface area contributed by atoms with Gasteiger partial charge in [0.2, 0.25) is 17.7 Å². The van der Waals surface area contributed by atoms with Crippen molar-refractivity contribution >= 4 is 17.7 Å². The molecular weight excluding hydrogens is 406 g/mol. The Kier molecular flexibility index (Phi) is 5.86. The SMILES string of the molecule is C=CCN1C(=O)[C@H]2[C@@H](C(=O)NC3CCCCC3)[C@H]3C=C[C@@]2(O3)[C@H]1C(=O)NC1CCCCC1. The number of likely N-dealkylation sites (tertiary alicyclic amines) is 1. The summed E-state index contributed by atoms with van der Waals surface area (Å²) < 4.78 is 6.35. The first kappa shape index (κ1) is 21.7. The molecule has 0 unspecified atom stereocenters. The van der Waals surface area contributed by atoms with E-state index in [1.54, 1.807) is 11.0 Å². The maximum Gasteiger partial charge on any atom is 0.246 e. The molecule has 174 valence electrons. The third-order valence-corrected chi connectivity index (χ3v) is 8.15. The molecule has 5 rings (SSSR count). The summed E-state index contributed by atoms with van der Waals surface area (Å²) in [5.41, 5.74) is -1.07. The van der Waals surface area contributed by atoms with Crippen LogP contribution in [0.5, 0.6) is 0 Å². The fraction of sp³-hybridized carbons (Fsp3) is 0.720. The Balaban J connectivity index is 1.39. The molecule has 7 heteroatoms. The van der Waals surface area contributed by atoms with Crippen molar-refractivity contribution in [2.45, 2.75) is 94.0 Å². The van der Waals surface area contributed by atoms with E-state index < -0.39 is 29.6 Å². The molecule has 2 aliphatic carbocycles. The number of carbonyl (C=O) groups is 3. The van der Waals surface area contributed by atoms with Crippen LogP contribution in [0.25, 0.3) is 0 Å². The number of rotatable bonds is 6. The predicted octanol–water partition coefficient (Wildman–Crippen LogP) is 2.22. The Hall–Kier alpha value is -2.15. The first-order valence-corrected chi connectivity index (χ1v) is 12.4. The lowest BCUT2D eigenvalue weighted by atomic mass is 9.74. The van der Waals surface area contributed by atoms with Crippen LogP contribution in [0.4, 0.5) is 0 Å². The lowest BCUT2D eigenvalue weighted by Gasteiger charge is -2.33. The van der Waals surface area contributed by atoms with Gasteiger partial charge in [-0.1, -0.05) is 56.8 Å². The highest BCUT2D eigenvalue weighted by Crippen LogP contribution is 2.55. The van der Waals surface area contributed by atoms with Crippen LogP contribution >= 0.6 is 0 Å². The summed E-state index contributed by atoms with van der Waals surface area (Å²) in [6, 6.07) is -0.462. The molecule has 0 radical (unpaired) electrons. The van der Waals surface area contributed by atoms with E-state index >= 15 is 0 Å². The van der Waals surface area contributed by atoms with E-state index in [2.05, 4.69) is 17.2 Å². The average molecular weight is 442 g/mol. The fourth-order valence-electron chi connectivity index (χ4n) is 6.67. The van der Waals surface area contributed by atoms with Crippen LogP contribution < -0.4 is 10.6 Å². The standard InChI is InChI=1S/C25H35N3O4/c1-2-15-28-21(23(30)27-17-11-7-4-8-12-17)25-14-13-18(32-25)19(20(25)24(28)31)22(29)26-16-9-5-3-6-10-16/h2,13-14,16-21H,1,3-12,15H2,(H,26,29)(H,27,30)/t18-,19+,20-,21-,25+/m1/s1. The van der Waals surface area contributed by atoms with Crippen molar-refractivity contribution in [3.05, 3.63) is 24.8 Å². The molecule has 3 amide bonds. The highest BCUT2D eigenvalue weighted by Gasteiger charge is 2.72. The molecule has 4 fully saturated rings. The summed E-state index contributed by atoms with van der Waals surface area (Å²) >= 11 is 0. The van der Waals surface area contributed by atoms with Gasteiger partial charge in [-0.3, -0.25) is 14.4 Å². The van der Waals surface area contributed by atoms with Gasteiger partial charge in [0.05, 0.1) is 17.9 Å². The van der Waals surface area contributed by atoms with Crippen LogP contribution in [0.1, 0.15) is 64.2 Å². The molecule has 2 saturated carbocycles. The lowest BCUT2D eigenvalue weighted by Crippen LogP contribution is -2.56. The quantitative estimate of drug-likeness (QED) is 0.619. The van der Waals surface area contributed by atoms with Crippen molar-refractivity contribution in [3.63, 3.8) is 0 Å². The zero-order valence-electron chi connectivity index (χ0n) is 18.8. The van der Waals surface area contributed by atoms with Gasteiger partial charge in [-0.25, -0.2) is 0 Å². The minimum absolute atomic E-state index is 0.113. The topological polar surface area (TPSA) is 87.7 Å². The van der Waals surface area contributed by atoms with Gasteiger partial charge in [0.1, 0.15) is 11.6 Å². The van der Waals surface area contributed by atoms with Gasteiger partial charge in [0, 0.05) is 18.6 Å². The number of hydrogen-bond donors (Lipinski definition) is 2. The minimum atomic E-state index is -1.07. The number of carbonyl (C=O) groups excluding carboxylic acids is 3. The van der Waals surface area contributed by atoms with Gasteiger partial charge < -0.3 is 20.3 Å². The van der Waals surface area contributed by atoms with Crippen LogP contribution in [-0.2, 0) is 19.1 Å². The summed E-state index contributed by atoms with van der Waals surface area (Å²) in [6.45, 7) is 4.05. The molecule has 0 aromatic carbocycles. The molecule has 1 spiro atoms. The van der Waals surface area contributed by atoms with E-state index in [1.165, 1.54) is 12.8 Å². The normalized spacial score (nSPS) is 36.9. The van der Waals surface area contributed by atoms with E-state index in [0.29, 0.717) is 0 Å². The number of amides is 3. The third-order valence-electron chi connectivity index (χ3n) is 8.15. The van der Waals surface area contributed by atoms with Crippen molar-refractivity contribution in [2.75, 3.05) is 6.54 Å². The number of ether oxygens (including phenoxy) is 1. The molecular formula is C25H35N3O4. The second-order valence-electron chi connectivity index (χ2n) is 10.2.